The first-order chi connectivity index (χ1) is 14.6. The van der Waals surface area contributed by atoms with Gasteiger partial charge in [-0.1, -0.05) is 0 Å². The molecule has 0 amide bonds. The molecule has 0 fully saturated rings. The molecule has 3 rings (SSSR count). The summed E-state index contributed by atoms with van der Waals surface area (Å²) in [6, 6.07) is 22.3. The second kappa shape index (κ2) is 8.97. The van der Waals surface area contributed by atoms with Gasteiger partial charge < -0.3 is 0 Å². The molecule has 0 saturated heterocycles. The van der Waals surface area contributed by atoms with E-state index in [-0.39, 0.29) is 10.1 Å². The van der Waals surface area contributed by atoms with Crippen LogP contribution in [0.15, 0.2) is 66.2 Å². The van der Waals surface area contributed by atoms with Crippen molar-refractivity contribution in [2.45, 2.75) is 77.8 Å². The van der Waals surface area contributed by atoms with E-state index in [9.17, 15) is 0 Å². The van der Waals surface area contributed by atoms with Crippen molar-refractivity contribution in [1.29, 1.82) is 0 Å². The molecule has 1 aliphatic rings. The van der Waals surface area contributed by atoms with Crippen LogP contribution in [-0.4, -0.2) is 37.6 Å². The zero-order valence-electron chi connectivity index (χ0n) is 21.7. The molecule has 0 unspecified atom stereocenters. The van der Waals surface area contributed by atoms with Gasteiger partial charge in [-0.25, -0.2) is 0 Å². The summed E-state index contributed by atoms with van der Waals surface area (Å²) in [5, 5.41) is 0.524. The number of hydrogen-bond donors (Lipinski definition) is 0. The Morgan fingerprint density at radius 2 is 0.844 bits per heavy atom. The van der Waals surface area contributed by atoms with Gasteiger partial charge in [0.25, 0.3) is 0 Å². The first-order valence-electron chi connectivity index (χ1n) is 11.8. The summed E-state index contributed by atoms with van der Waals surface area (Å²) < 4.78 is 3.48. The molecule has 2 aromatic rings. The van der Waals surface area contributed by atoms with E-state index in [4.69, 9.17) is 8.32 Å². The standard InChI is InChI=1S/C28H40Si2.ClH.Pb/c1-27(2,3)29(7,8)21-25(23-17-13-11-14-18-23)26(24-19-15-12-16-20-24)22-30(9,10)28(4,5)6;;/h11-20H,1-10H3;1H;/q;;+1/p-1. The molecule has 2 aromatic carbocycles. The average Bonchev–Trinajstić information content (AvgIpc) is 3.01. The van der Waals surface area contributed by atoms with E-state index in [0.717, 1.165) is 0 Å². The fourth-order valence-electron chi connectivity index (χ4n) is 4.31. The normalized spacial score (nSPS) is 16.8. The van der Waals surface area contributed by atoms with E-state index in [1.807, 2.05) is 0 Å². The van der Waals surface area contributed by atoms with E-state index in [1.54, 1.807) is 5.51 Å². The van der Waals surface area contributed by atoms with Crippen molar-refractivity contribution in [3.63, 3.8) is 0 Å². The second-order valence-corrected chi connectivity index (χ2v) is 36.3. The fraction of sp³-hybridized carbons (Fsp3) is 0.429. The SMILES string of the molecule is CC(C)(C)[Si](C)(C)[C]1=C(c2ccccc2)C(c2ccccc2)=[C]([Si](C)(C)C(C)(C)C)[Pb]1[Cl]. The number of hydrogen-bond acceptors (Lipinski definition) is 0. The first-order valence-corrected chi connectivity index (χ1v) is 26.4. The van der Waals surface area contributed by atoms with Gasteiger partial charge in [0.2, 0.25) is 0 Å². The summed E-state index contributed by atoms with van der Waals surface area (Å²) in [5.74, 6) is 0. The fourth-order valence-corrected chi connectivity index (χ4v) is 52.4. The molecule has 0 aromatic heterocycles. The van der Waals surface area contributed by atoms with Crippen LogP contribution in [0.1, 0.15) is 52.7 Å². The summed E-state index contributed by atoms with van der Waals surface area (Å²) >= 11 is -2.79. The molecule has 0 N–H and O–H groups in total. The van der Waals surface area contributed by atoms with Crippen molar-refractivity contribution in [3.8, 4) is 0 Å². The maximum absolute atomic E-state index is 7.88. The Morgan fingerprint density at radius 1 is 0.562 bits per heavy atom. The van der Waals surface area contributed by atoms with Gasteiger partial charge in [0, 0.05) is 0 Å². The van der Waals surface area contributed by atoms with Crippen LogP contribution >= 0.6 is 8.32 Å². The molecule has 171 valence electrons. The third kappa shape index (κ3) is 4.46. The van der Waals surface area contributed by atoms with Crippen molar-refractivity contribution in [2.24, 2.45) is 0 Å². The predicted octanol–water partition coefficient (Wildman–Crippen LogP) is 9.31. The molecule has 1 aliphatic heterocycles. The Bertz CT molecular complexity index is 951. The molecular weight excluding hydrogens is 635 g/mol. The molecule has 4 heteroatoms. The van der Waals surface area contributed by atoms with E-state index in [0.29, 0.717) is 0 Å². The molecule has 0 bridgehead atoms. The molecule has 0 aliphatic carbocycles. The Balaban J connectivity index is 2.50. The molecule has 1 heterocycles. The third-order valence-corrected chi connectivity index (χ3v) is 49.2. The molecule has 0 atom stereocenters. The zero-order chi connectivity index (χ0) is 24.1. The number of allylic oxidation sites excluding steroid dienone is 2. The molecule has 1 radical (unpaired) electrons. The first kappa shape index (κ1) is 26.2. The topological polar surface area (TPSA) is 0 Å². The van der Waals surface area contributed by atoms with Gasteiger partial charge >= 0.3 is 212 Å². The molecular formula is C28H40ClPbSi2. The second-order valence-electron chi connectivity index (χ2n) is 12.3. The minimum absolute atomic E-state index is 0.262. The Morgan fingerprint density at radius 3 is 1.09 bits per heavy atom. The zero-order valence-corrected chi connectivity index (χ0v) is 28.3. The van der Waals surface area contributed by atoms with Crippen LogP contribution in [0.5, 0.6) is 0 Å². The van der Waals surface area contributed by atoms with Gasteiger partial charge in [-0.15, -0.1) is 0 Å². The van der Waals surface area contributed by atoms with Gasteiger partial charge in [-0.3, -0.25) is 0 Å². The monoisotopic (exact) mass is 675 g/mol. The van der Waals surface area contributed by atoms with Gasteiger partial charge in [-0.2, -0.15) is 0 Å². The van der Waals surface area contributed by atoms with Crippen LogP contribution in [0.2, 0.25) is 36.3 Å². The quantitative estimate of drug-likeness (QED) is 0.284. The predicted molar refractivity (Wildman–Crippen MR) is 153 cm³/mol. The van der Waals surface area contributed by atoms with E-state index < -0.39 is 37.6 Å². The molecule has 0 spiro atoms. The Labute approximate surface area is 210 Å². The van der Waals surface area contributed by atoms with Gasteiger partial charge in [0.05, 0.1) is 0 Å². The van der Waals surface area contributed by atoms with Gasteiger partial charge in [0.15, 0.2) is 0 Å². The number of benzene rings is 2. The van der Waals surface area contributed by atoms with E-state index in [1.165, 1.54) is 22.3 Å². The molecule has 32 heavy (non-hydrogen) atoms. The van der Waals surface area contributed by atoms with Crippen LogP contribution in [0, 0.1) is 0 Å². The van der Waals surface area contributed by atoms with E-state index in [2.05, 4.69) is 128 Å². The minimum atomic E-state index is -2.79. The molecule has 0 saturated carbocycles. The van der Waals surface area contributed by atoms with Gasteiger partial charge in [0.1, 0.15) is 0 Å². The number of rotatable bonds is 4. The van der Waals surface area contributed by atoms with Crippen molar-refractivity contribution < 1.29 is 0 Å². The molecule has 0 nitrogen and oxygen atoms in total. The Hall–Kier alpha value is -0.434. The summed E-state index contributed by atoms with van der Waals surface area (Å²) in [6.07, 6.45) is 0. The van der Waals surface area contributed by atoms with Gasteiger partial charge in [-0.05, 0) is 0 Å². The number of halogens is 1. The summed E-state index contributed by atoms with van der Waals surface area (Å²) in [6.45, 7) is 25.0. The summed E-state index contributed by atoms with van der Waals surface area (Å²) in [4.78, 5) is 0. The van der Waals surface area contributed by atoms with Crippen LogP contribution < -0.4 is 0 Å². The average molecular weight is 675 g/mol. The Kier molecular flexibility index (Phi) is 7.34. The van der Waals surface area contributed by atoms with Crippen molar-refractivity contribution in [1.82, 2.24) is 0 Å². The van der Waals surface area contributed by atoms with Crippen LogP contribution in [-0.2, 0) is 0 Å². The maximum atomic E-state index is 7.88. The van der Waals surface area contributed by atoms with Crippen LogP contribution in [0.4, 0.5) is 0 Å². The third-order valence-electron chi connectivity index (χ3n) is 8.31. The van der Waals surface area contributed by atoms with Crippen LogP contribution in [0.25, 0.3) is 11.1 Å². The van der Waals surface area contributed by atoms with Crippen molar-refractivity contribution >= 4 is 57.1 Å². The van der Waals surface area contributed by atoms with Crippen molar-refractivity contribution in [3.05, 3.63) is 77.3 Å². The van der Waals surface area contributed by atoms with Crippen molar-refractivity contribution in [2.75, 3.05) is 0 Å². The van der Waals surface area contributed by atoms with E-state index >= 15 is 0 Å². The summed E-state index contributed by atoms with van der Waals surface area (Å²) in [5.41, 5.74) is 5.76. The summed E-state index contributed by atoms with van der Waals surface area (Å²) in [7, 11) is 4.26. The van der Waals surface area contributed by atoms with Crippen LogP contribution in [0.3, 0.4) is 0 Å².